The number of hydrogen-bond acceptors (Lipinski definition) is 3. The van der Waals surface area contributed by atoms with Crippen molar-refractivity contribution in [2.45, 2.75) is 39.2 Å². The van der Waals surface area contributed by atoms with E-state index in [1.165, 1.54) is 12.1 Å². The Kier molecular flexibility index (Phi) is 5.56. The van der Waals surface area contributed by atoms with E-state index < -0.39 is 5.82 Å². The molecular formula is C16H23FN2O2. The highest BCUT2D eigenvalue weighted by molar-refractivity contribution is 5.94. The van der Waals surface area contributed by atoms with Gasteiger partial charge in [0.1, 0.15) is 0 Å². The third-order valence-corrected chi connectivity index (χ3v) is 3.91. The fourth-order valence-corrected chi connectivity index (χ4v) is 2.65. The van der Waals surface area contributed by atoms with Crippen LogP contribution in [0.5, 0.6) is 5.75 Å². The first-order valence-electron chi connectivity index (χ1n) is 7.60. The fraction of sp³-hybridized carbons (Fsp3) is 0.562. The van der Waals surface area contributed by atoms with Crippen molar-refractivity contribution in [3.05, 3.63) is 24.0 Å². The predicted octanol–water partition coefficient (Wildman–Crippen LogP) is 2.94. The summed E-state index contributed by atoms with van der Waals surface area (Å²) < 4.78 is 18.9. The topological polar surface area (TPSA) is 50.4 Å². The summed E-state index contributed by atoms with van der Waals surface area (Å²) in [4.78, 5) is 12.2. The highest BCUT2D eigenvalue weighted by Gasteiger charge is 2.26. The van der Waals surface area contributed by atoms with Crippen LogP contribution in [0.1, 0.15) is 33.1 Å². The maximum absolute atomic E-state index is 13.8. The summed E-state index contributed by atoms with van der Waals surface area (Å²) >= 11 is 0. The second-order valence-electron chi connectivity index (χ2n) is 5.37. The van der Waals surface area contributed by atoms with Gasteiger partial charge in [-0.05, 0) is 44.4 Å². The van der Waals surface area contributed by atoms with Crippen molar-refractivity contribution in [1.29, 1.82) is 0 Å². The van der Waals surface area contributed by atoms with E-state index in [0.29, 0.717) is 18.2 Å². The van der Waals surface area contributed by atoms with Crippen molar-refractivity contribution >= 4 is 11.6 Å². The number of carbonyl (C=O) groups excluding carboxylic acids is 1. The van der Waals surface area contributed by atoms with E-state index in [1.54, 1.807) is 13.0 Å². The van der Waals surface area contributed by atoms with Crippen LogP contribution in [0, 0.1) is 11.7 Å². The lowest BCUT2D eigenvalue weighted by Crippen LogP contribution is -2.46. The molecule has 1 saturated heterocycles. The zero-order valence-corrected chi connectivity index (χ0v) is 12.6. The molecule has 1 aliphatic rings. The number of ether oxygens (including phenoxy) is 1. The minimum Gasteiger partial charge on any atom is -0.491 e. The number of anilines is 1. The monoisotopic (exact) mass is 294 g/mol. The van der Waals surface area contributed by atoms with Crippen LogP contribution < -0.4 is 15.4 Å². The van der Waals surface area contributed by atoms with E-state index in [4.69, 9.17) is 4.74 Å². The summed E-state index contributed by atoms with van der Waals surface area (Å²) in [6.45, 7) is 5.21. The first kappa shape index (κ1) is 15.8. The number of hydrogen-bond donors (Lipinski definition) is 2. The Morgan fingerprint density at radius 1 is 1.48 bits per heavy atom. The van der Waals surface area contributed by atoms with Crippen LogP contribution in [0.2, 0.25) is 0 Å². The second kappa shape index (κ2) is 7.41. The van der Waals surface area contributed by atoms with Crippen LogP contribution in [-0.4, -0.2) is 25.1 Å². The average molecular weight is 294 g/mol. The van der Waals surface area contributed by atoms with Crippen molar-refractivity contribution in [1.82, 2.24) is 5.32 Å². The van der Waals surface area contributed by atoms with Gasteiger partial charge in [0.05, 0.1) is 12.6 Å². The second-order valence-corrected chi connectivity index (χ2v) is 5.37. The molecule has 2 unspecified atom stereocenters. The zero-order chi connectivity index (χ0) is 15.2. The number of halogens is 1. The minimum absolute atomic E-state index is 0.100. The molecule has 21 heavy (non-hydrogen) atoms. The van der Waals surface area contributed by atoms with E-state index >= 15 is 0 Å². The molecule has 1 fully saturated rings. The predicted molar refractivity (Wildman–Crippen MR) is 81.0 cm³/mol. The lowest BCUT2D eigenvalue weighted by molar-refractivity contribution is -0.119. The quantitative estimate of drug-likeness (QED) is 0.878. The van der Waals surface area contributed by atoms with Crippen molar-refractivity contribution < 1.29 is 13.9 Å². The highest BCUT2D eigenvalue weighted by Crippen LogP contribution is 2.23. The molecule has 0 saturated carbocycles. The van der Waals surface area contributed by atoms with Crippen LogP contribution in [0.15, 0.2) is 18.2 Å². The molecule has 1 aromatic rings. The Balaban J connectivity index is 1.97. The van der Waals surface area contributed by atoms with E-state index in [1.807, 2.05) is 0 Å². The number of piperidine rings is 1. The smallest absolute Gasteiger partial charge is 0.241 e. The van der Waals surface area contributed by atoms with Gasteiger partial charge in [-0.15, -0.1) is 0 Å². The summed E-state index contributed by atoms with van der Waals surface area (Å²) in [6, 6.07) is 4.30. The SMILES string of the molecule is CCOc1ccc(NC(=O)C2CC(CC)CCN2)cc1F. The number of benzene rings is 1. The van der Waals surface area contributed by atoms with Gasteiger partial charge < -0.3 is 15.4 Å². The molecule has 2 rings (SSSR count). The van der Waals surface area contributed by atoms with Crippen molar-refractivity contribution in [2.75, 3.05) is 18.5 Å². The number of nitrogens with one attached hydrogen (secondary N) is 2. The molecule has 0 bridgehead atoms. The van der Waals surface area contributed by atoms with Gasteiger partial charge in [0.15, 0.2) is 11.6 Å². The van der Waals surface area contributed by atoms with Gasteiger partial charge in [-0.2, -0.15) is 0 Å². The molecule has 1 aromatic carbocycles. The Morgan fingerprint density at radius 3 is 2.95 bits per heavy atom. The third kappa shape index (κ3) is 4.17. The van der Waals surface area contributed by atoms with E-state index in [2.05, 4.69) is 17.6 Å². The normalized spacial score (nSPS) is 21.9. The summed E-state index contributed by atoms with van der Waals surface area (Å²) in [6.07, 6.45) is 3.03. The molecule has 1 amide bonds. The van der Waals surface area contributed by atoms with Crippen LogP contribution in [-0.2, 0) is 4.79 Å². The summed E-state index contributed by atoms with van der Waals surface area (Å²) in [5.41, 5.74) is 0.460. The molecule has 2 atom stereocenters. The van der Waals surface area contributed by atoms with Crippen LogP contribution in [0.3, 0.4) is 0 Å². The summed E-state index contributed by atoms with van der Waals surface area (Å²) in [5, 5.41) is 5.99. The highest BCUT2D eigenvalue weighted by atomic mass is 19.1. The Bertz CT molecular complexity index is 493. The molecule has 0 aliphatic carbocycles. The number of rotatable bonds is 5. The summed E-state index contributed by atoms with van der Waals surface area (Å²) in [5.74, 6) is 0.228. The van der Waals surface area contributed by atoms with Gasteiger partial charge in [0.2, 0.25) is 5.91 Å². The minimum atomic E-state index is -0.460. The molecule has 0 aromatic heterocycles. The first-order valence-corrected chi connectivity index (χ1v) is 7.60. The van der Waals surface area contributed by atoms with E-state index in [-0.39, 0.29) is 17.7 Å². The number of carbonyl (C=O) groups is 1. The summed E-state index contributed by atoms with van der Waals surface area (Å²) in [7, 11) is 0. The van der Waals surface area contributed by atoms with E-state index in [0.717, 1.165) is 25.8 Å². The van der Waals surface area contributed by atoms with E-state index in [9.17, 15) is 9.18 Å². The maximum atomic E-state index is 13.8. The Morgan fingerprint density at radius 2 is 2.29 bits per heavy atom. The lowest BCUT2D eigenvalue weighted by atomic mass is 9.90. The lowest BCUT2D eigenvalue weighted by Gasteiger charge is -2.28. The number of amides is 1. The van der Waals surface area contributed by atoms with Crippen molar-refractivity contribution in [3.63, 3.8) is 0 Å². The molecule has 4 nitrogen and oxygen atoms in total. The fourth-order valence-electron chi connectivity index (χ4n) is 2.65. The van der Waals surface area contributed by atoms with Crippen LogP contribution in [0.25, 0.3) is 0 Å². The van der Waals surface area contributed by atoms with Gasteiger partial charge in [-0.25, -0.2) is 4.39 Å². The molecular weight excluding hydrogens is 271 g/mol. The van der Waals surface area contributed by atoms with Crippen molar-refractivity contribution in [2.24, 2.45) is 5.92 Å². The molecule has 0 radical (unpaired) electrons. The van der Waals surface area contributed by atoms with Crippen LogP contribution >= 0.6 is 0 Å². The average Bonchev–Trinajstić information content (AvgIpc) is 2.50. The third-order valence-electron chi connectivity index (χ3n) is 3.91. The molecule has 5 heteroatoms. The molecule has 1 aliphatic heterocycles. The van der Waals surface area contributed by atoms with Crippen LogP contribution in [0.4, 0.5) is 10.1 Å². The zero-order valence-electron chi connectivity index (χ0n) is 12.6. The first-order chi connectivity index (χ1) is 10.1. The standard InChI is InChI=1S/C16H23FN2O2/c1-3-11-7-8-18-14(9-11)16(20)19-12-5-6-15(21-4-2)13(17)10-12/h5-6,10-11,14,18H,3-4,7-9H2,1-2H3,(H,19,20). The van der Waals surface area contributed by atoms with Gasteiger partial charge in [0, 0.05) is 11.8 Å². The van der Waals surface area contributed by atoms with Gasteiger partial charge in [0.25, 0.3) is 0 Å². The maximum Gasteiger partial charge on any atom is 0.241 e. The molecule has 0 spiro atoms. The largest absolute Gasteiger partial charge is 0.491 e. The van der Waals surface area contributed by atoms with Crippen molar-refractivity contribution in [3.8, 4) is 5.75 Å². The molecule has 1 heterocycles. The Labute approximate surface area is 125 Å². The van der Waals surface area contributed by atoms with Gasteiger partial charge >= 0.3 is 0 Å². The Hall–Kier alpha value is -1.62. The van der Waals surface area contributed by atoms with Gasteiger partial charge in [-0.3, -0.25) is 4.79 Å². The molecule has 2 N–H and O–H groups in total. The van der Waals surface area contributed by atoms with Gasteiger partial charge in [-0.1, -0.05) is 13.3 Å². The molecule has 116 valence electrons.